The Morgan fingerprint density at radius 2 is 1.75 bits per heavy atom. The lowest BCUT2D eigenvalue weighted by Crippen LogP contribution is -2.03. The van der Waals surface area contributed by atoms with Crippen LogP contribution < -0.4 is 11.5 Å². The molecule has 0 saturated carbocycles. The van der Waals surface area contributed by atoms with Gasteiger partial charge in [-0.15, -0.1) is 0 Å². The van der Waals surface area contributed by atoms with E-state index < -0.39 is 6.09 Å². The van der Waals surface area contributed by atoms with Crippen molar-refractivity contribution in [2.24, 2.45) is 11.5 Å². The largest absolute Gasteiger partial charge is 0.465 e. The zero-order valence-electron chi connectivity index (χ0n) is 4.37. The summed E-state index contributed by atoms with van der Waals surface area (Å²) in [6.45, 7) is 0.472. The molecule has 6 N–H and O–H groups in total. The van der Waals surface area contributed by atoms with E-state index >= 15 is 0 Å². The molecular formula is C3H10N2O3. The molecule has 5 nitrogen and oxygen atoms in total. The van der Waals surface area contributed by atoms with Gasteiger partial charge in [0.2, 0.25) is 0 Å². The third kappa shape index (κ3) is 2520. The number of amides is 1. The molecule has 0 spiro atoms. The SMILES string of the molecule is NC(=O)O.NCCO. The minimum Gasteiger partial charge on any atom is -0.465 e. The van der Waals surface area contributed by atoms with E-state index in [4.69, 9.17) is 20.7 Å². The lowest BCUT2D eigenvalue weighted by molar-refractivity contribution is 0.205. The summed E-state index contributed by atoms with van der Waals surface area (Å²) in [5, 5.41) is 14.9. The second-order valence-corrected chi connectivity index (χ2v) is 0.851. The highest BCUT2D eigenvalue weighted by Crippen LogP contribution is 1.34. The molecule has 0 rings (SSSR count). The zero-order valence-corrected chi connectivity index (χ0v) is 4.37. The van der Waals surface area contributed by atoms with Gasteiger partial charge in [0, 0.05) is 6.54 Å². The van der Waals surface area contributed by atoms with E-state index in [0.29, 0.717) is 6.54 Å². The molecule has 0 aromatic heterocycles. The first kappa shape index (κ1) is 10.2. The predicted octanol–water partition coefficient (Wildman–Crippen LogP) is -1.44. The average Bonchev–Trinajstić information content (AvgIpc) is 1.65. The highest BCUT2D eigenvalue weighted by Gasteiger charge is 1.65. The van der Waals surface area contributed by atoms with Crippen LogP contribution in [0.1, 0.15) is 0 Å². The quantitative estimate of drug-likeness (QED) is 0.341. The number of primary amides is 1. The van der Waals surface area contributed by atoms with Crippen LogP contribution in [0.2, 0.25) is 0 Å². The Hall–Kier alpha value is -0.810. The van der Waals surface area contributed by atoms with E-state index in [0.717, 1.165) is 0 Å². The minimum absolute atomic E-state index is 0.0972. The van der Waals surface area contributed by atoms with Crippen LogP contribution in [-0.4, -0.2) is 29.5 Å². The number of rotatable bonds is 1. The smallest absolute Gasteiger partial charge is 0.402 e. The highest BCUT2D eigenvalue weighted by molar-refractivity contribution is 5.61. The second kappa shape index (κ2) is 9.50. The van der Waals surface area contributed by atoms with Crippen LogP contribution in [0.4, 0.5) is 4.79 Å². The van der Waals surface area contributed by atoms with Crippen LogP contribution in [-0.2, 0) is 0 Å². The molecule has 0 aromatic carbocycles. The molecule has 0 aliphatic carbocycles. The number of carbonyl (C=O) groups is 1. The predicted molar refractivity (Wildman–Crippen MR) is 28.4 cm³/mol. The van der Waals surface area contributed by atoms with Gasteiger partial charge in [0.25, 0.3) is 0 Å². The van der Waals surface area contributed by atoms with E-state index in [9.17, 15) is 0 Å². The molecule has 0 aliphatic rings. The topological polar surface area (TPSA) is 110 Å². The molecular weight excluding hydrogens is 112 g/mol. The number of aliphatic hydroxyl groups excluding tert-OH is 1. The molecule has 0 aromatic rings. The van der Waals surface area contributed by atoms with Crippen molar-refractivity contribution in [3.05, 3.63) is 0 Å². The van der Waals surface area contributed by atoms with Crippen molar-refractivity contribution in [1.29, 1.82) is 0 Å². The molecule has 0 saturated heterocycles. The van der Waals surface area contributed by atoms with Crippen LogP contribution in [0, 0.1) is 0 Å². The standard InChI is InChI=1S/C2H7NO.CH3NO2/c3-1-2-4;2-1(3)4/h4H,1-3H2;2H2,(H,3,4). The fourth-order valence-electron chi connectivity index (χ4n) is 0. The van der Waals surface area contributed by atoms with Crippen molar-refractivity contribution in [3.63, 3.8) is 0 Å². The third-order valence-corrected chi connectivity index (χ3v) is 0.129. The Balaban J connectivity index is 0. The third-order valence-electron chi connectivity index (χ3n) is 0.129. The summed E-state index contributed by atoms with van der Waals surface area (Å²) in [5.74, 6) is 0. The van der Waals surface area contributed by atoms with Gasteiger partial charge < -0.3 is 21.7 Å². The van der Waals surface area contributed by atoms with Gasteiger partial charge in [-0.3, -0.25) is 0 Å². The molecule has 0 fully saturated rings. The maximum Gasteiger partial charge on any atom is 0.402 e. The number of nitrogens with two attached hydrogens (primary N) is 2. The van der Waals surface area contributed by atoms with Gasteiger partial charge in [0.15, 0.2) is 0 Å². The van der Waals surface area contributed by atoms with E-state index in [-0.39, 0.29) is 6.61 Å². The Morgan fingerprint density at radius 3 is 1.75 bits per heavy atom. The minimum atomic E-state index is -1.33. The number of aliphatic hydroxyl groups is 1. The van der Waals surface area contributed by atoms with Gasteiger partial charge >= 0.3 is 6.09 Å². The monoisotopic (exact) mass is 122 g/mol. The molecule has 50 valence electrons. The van der Waals surface area contributed by atoms with Gasteiger partial charge in [-0.05, 0) is 0 Å². The molecule has 0 aliphatic heterocycles. The summed E-state index contributed by atoms with van der Waals surface area (Å²) >= 11 is 0. The molecule has 8 heavy (non-hydrogen) atoms. The van der Waals surface area contributed by atoms with Crippen LogP contribution in [0.25, 0.3) is 0 Å². The summed E-state index contributed by atoms with van der Waals surface area (Å²) in [7, 11) is 0. The highest BCUT2D eigenvalue weighted by atomic mass is 16.4. The summed E-state index contributed by atoms with van der Waals surface area (Å²) in [5.41, 5.74) is 8.81. The first-order chi connectivity index (χ1) is 3.65. The molecule has 0 unspecified atom stereocenters. The first-order valence-corrected chi connectivity index (χ1v) is 1.94. The van der Waals surface area contributed by atoms with Crippen molar-refractivity contribution >= 4 is 6.09 Å². The molecule has 0 heterocycles. The van der Waals surface area contributed by atoms with E-state index in [1.807, 2.05) is 0 Å². The Morgan fingerprint density at radius 1 is 1.62 bits per heavy atom. The van der Waals surface area contributed by atoms with Gasteiger partial charge in [-0.25, -0.2) is 4.79 Å². The van der Waals surface area contributed by atoms with E-state index in [2.05, 4.69) is 5.73 Å². The number of carboxylic acid groups (broad SMARTS) is 1. The van der Waals surface area contributed by atoms with Crippen molar-refractivity contribution in [3.8, 4) is 0 Å². The summed E-state index contributed by atoms with van der Waals surface area (Å²) in [6.07, 6.45) is -1.33. The number of hydrogen-bond donors (Lipinski definition) is 4. The molecule has 0 radical (unpaired) electrons. The fourth-order valence-corrected chi connectivity index (χ4v) is 0. The summed E-state index contributed by atoms with van der Waals surface area (Å²) in [6, 6.07) is 0. The number of hydrogen-bond acceptors (Lipinski definition) is 3. The lowest BCUT2D eigenvalue weighted by atomic mass is 10.8. The van der Waals surface area contributed by atoms with Crippen LogP contribution >= 0.6 is 0 Å². The molecule has 0 atom stereocenters. The van der Waals surface area contributed by atoms with Crippen LogP contribution in [0.5, 0.6) is 0 Å². The van der Waals surface area contributed by atoms with Gasteiger partial charge in [0.05, 0.1) is 6.61 Å². The van der Waals surface area contributed by atoms with Gasteiger partial charge in [0.1, 0.15) is 0 Å². The van der Waals surface area contributed by atoms with Crippen molar-refractivity contribution < 1.29 is 15.0 Å². The van der Waals surface area contributed by atoms with Crippen LogP contribution in [0.15, 0.2) is 0 Å². The van der Waals surface area contributed by atoms with Crippen molar-refractivity contribution in [1.82, 2.24) is 0 Å². The van der Waals surface area contributed by atoms with E-state index in [1.165, 1.54) is 0 Å². The van der Waals surface area contributed by atoms with Gasteiger partial charge in [-0.1, -0.05) is 0 Å². The lowest BCUT2D eigenvalue weighted by Gasteiger charge is -1.71. The summed E-state index contributed by atoms with van der Waals surface area (Å²) in [4.78, 5) is 8.78. The van der Waals surface area contributed by atoms with Crippen molar-refractivity contribution in [2.45, 2.75) is 0 Å². The Labute approximate surface area is 46.9 Å². The Kier molecular flexibility index (Phi) is 12.1. The van der Waals surface area contributed by atoms with Crippen LogP contribution in [0.3, 0.4) is 0 Å². The summed E-state index contributed by atoms with van der Waals surface area (Å²) < 4.78 is 0. The maximum absolute atomic E-state index is 8.78. The average molecular weight is 122 g/mol. The van der Waals surface area contributed by atoms with Gasteiger partial charge in [-0.2, -0.15) is 0 Å². The normalized spacial score (nSPS) is 6.75. The molecule has 5 heteroatoms. The fraction of sp³-hybridized carbons (Fsp3) is 0.667. The van der Waals surface area contributed by atoms with Crippen molar-refractivity contribution in [2.75, 3.05) is 13.2 Å². The maximum atomic E-state index is 8.78. The molecule has 1 amide bonds. The zero-order chi connectivity index (χ0) is 6.99. The second-order valence-electron chi connectivity index (χ2n) is 0.851. The van der Waals surface area contributed by atoms with E-state index in [1.54, 1.807) is 0 Å². The first-order valence-electron chi connectivity index (χ1n) is 1.94. The molecule has 0 bridgehead atoms. The Bertz CT molecular complexity index is 50.5.